The Morgan fingerprint density at radius 3 is 2.44 bits per heavy atom. The van der Waals surface area contributed by atoms with E-state index in [-0.39, 0.29) is 63.4 Å². The molecule has 1 heterocycles. The molecule has 2 aromatic rings. The van der Waals surface area contributed by atoms with Crippen molar-refractivity contribution < 1.29 is 37.8 Å². The van der Waals surface area contributed by atoms with Crippen molar-refractivity contribution >= 4 is 28.8 Å². The number of hydrogen-bond donors (Lipinski definition) is 5. The van der Waals surface area contributed by atoms with E-state index in [1.54, 1.807) is 5.57 Å². The average Bonchev–Trinajstić information content (AvgIpc) is 3.63. The summed E-state index contributed by atoms with van der Waals surface area (Å²) in [7, 11) is 0. The smallest absolute Gasteiger partial charge is 0.336 e. The number of hydrogen-bond acceptors (Lipinski definition) is 7. The molecule has 8 unspecified atom stereocenters. The summed E-state index contributed by atoms with van der Waals surface area (Å²) in [5.41, 5.74) is 1.06. The number of carboxylic acid groups (broad SMARTS) is 1. The maximum Gasteiger partial charge on any atom is 0.336 e. The number of carbonyl (C=O) groups is 3. The van der Waals surface area contributed by atoms with Gasteiger partial charge in [0.05, 0.1) is 5.56 Å². The highest BCUT2D eigenvalue weighted by molar-refractivity contribution is 6.09. The molecule has 66 heavy (non-hydrogen) atoms. The molecule has 0 aromatic heterocycles. The van der Waals surface area contributed by atoms with Crippen LogP contribution in [0.25, 0.3) is 33.4 Å². The number of rotatable bonds is 16. The van der Waals surface area contributed by atoms with Crippen molar-refractivity contribution in [3.8, 4) is 28.2 Å². The SMILES string of the molecule is CC(C)CCCC(C)C1CCC2C3CC=C4CC(NCCCNC(=O)CCNC(=O)c5ccc(-c6c7cc(F)c(=O)cc-7oc7cc(O)c(F)cc67)c(C(=O)O)c5)CCC4(C)C3CCC12C. The molecule has 8 rings (SSSR count). The minimum Gasteiger partial charge on any atom is -0.505 e. The molecule has 3 fully saturated rings. The van der Waals surface area contributed by atoms with E-state index < -0.39 is 34.7 Å². The van der Waals surface area contributed by atoms with Crippen LogP contribution in [0.4, 0.5) is 8.78 Å². The van der Waals surface area contributed by atoms with E-state index in [0.717, 1.165) is 85.2 Å². The van der Waals surface area contributed by atoms with Gasteiger partial charge in [0.15, 0.2) is 17.4 Å². The zero-order valence-corrected chi connectivity index (χ0v) is 39.2. The van der Waals surface area contributed by atoms with Gasteiger partial charge in [-0.3, -0.25) is 14.4 Å². The monoisotopic (exact) mass is 907 g/mol. The van der Waals surface area contributed by atoms with Crippen LogP contribution < -0.4 is 21.4 Å². The second kappa shape index (κ2) is 19.2. The highest BCUT2D eigenvalue weighted by atomic mass is 19.1. The van der Waals surface area contributed by atoms with Gasteiger partial charge in [-0.1, -0.05) is 71.6 Å². The maximum absolute atomic E-state index is 14.6. The predicted molar refractivity (Wildman–Crippen MR) is 252 cm³/mol. The summed E-state index contributed by atoms with van der Waals surface area (Å²) >= 11 is 0. The van der Waals surface area contributed by atoms with Crippen LogP contribution in [0.15, 0.2) is 63.3 Å². The second-order valence-electron chi connectivity index (χ2n) is 21.0. The Hall–Kier alpha value is -5.10. The standard InChI is InChI=1S/C54H67F2N3O7/c1-30(2)8-6-9-31(3)40-14-15-41-36-13-11-33-25-34(16-19-53(33,4)42(36)17-20-54(40,41)5)57-21-7-22-58-49(62)18-23-59-51(63)32-10-12-35(37(24-32)52(64)65)50-38-26-43(55)45(60)28-47(38)66-48-29-46(61)44(56)27-39(48)50/h10-12,24,26-31,34,36,40-42,57,60H,6-9,13-23,25H2,1-5H3,(H,58,62)(H,59,63)(H,64,65). The first kappa shape index (κ1) is 47.4. The third kappa shape index (κ3) is 9.28. The van der Waals surface area contributed by atoms with E-state index >= 15 is 0 Å². The number of carboxylic acids is 1. The lowest BCUT2D eigenvalue weighted by Crippen LogP contribution is -2.51. The second-order valence-corrected chi connectivity index (χ2v) is 21.0. The van der Waals surface area contributed by atoms with Crippen LogP contribution in [0.2, 0.25) is 0 Å². The number of phenols is 1. The summed E-state index contributed by atoms with van der Waals surface area (Å²) < 4.78 is 34.9. The van der Waals surface area contributed by atoms with Gasteiger partial charge >= 0.3 is 5.97 Å². The molecule has 354 valence electrons. The van der Waals surface area contributed by atoms with Crippen LogP contribution in [-0.2, 0) is 4.79 Å². The van der Waals surface area contributed by atoms with Gasteiger partial charge in [0.1, 0.15) is 11.3 Å². The lowest BCUT2D eigenvalue weighted by molar-refractivity contribution is -0.120. The number of benzene rings is 3. The third-order valence-electron chi connectivity index (χ3n) is 16.7. The van der Waals surface area contributed by atoms with Crippen molar-refractivity contribution in [2.45, 2.75) is 124 Å². The van der Waals surface area contributed by atoms with Gasteiger partial charge < -0.3 is 30.6 Å². The summed E-state index contributed by atoms with van der Waals surface area (Å²) in [6.07, 6.45) is 17.9. The van der Waals surface area contributed by atoms with E-state index in [9.17, 15) is 38.2 Å². The maximum atomic E-state index is 14.6. The Morgan fingerprint density at radius 2 is 1.67 bits per heavy atom. The van der Waals surface area contributed by atoms with Crippen molar-refractivity contribution in [1.29, 1.82) is 0 Å². The molecule has 5 aliphatic carbocycles. The van der Waals surface area contributed by atoms with E-state index in [4.69, 9.17) is 4.42 Å². The third-order valence-corrected chi connectivity index (χ3v) is 16.7. The fourth-order valence-corrected chi connectivity index (χ4v) is 13.2. The van der Waals surface area contributed by atoms with Gasteiger partial charge in [0.2, 0.25) is 11.3 Å². The Bertz CT molecular complexity index is 2550. The number of carbonyl (C=O) groups excluding carboxylic acids is 2. The quantitative estimate of drug-likeness (QED) is 0.0422. The molecule has 0 spiro atoms. The highest BCUT2D eigenvalue weighted by Crippen LogP contribution is 2.67. The van der Waals surface area contributed by atoms with Crippen LogP contribution in [0, 0.1) is 58.0 Å². The summed E-state index contributed by atoms with van der Waals surface area (Å²) in [5, 5.41) is 29.6. The topological polar surface area (TPSA) is 158 Å². The van der Waals surface area contributed by atoms with Gasteiger partial charge in [0.25, 0.3) is 5.91 Å². The molecule has 10 nitrogen and oxygen atoms in total. The number of nitrogens with one attached hydrogen (secondary N) is 3. The number of phenolic OH excluding ortho intramolecular Hbond substituents is 1. The van der Waals surface area contributed by atoms with Crippen molar-refractivity contribution in [2.24, 2.45) is 46.3 Å². The predicted octanol–water partition coefficient (Wildman–Crippen LogP) is 10.9. The molecule has 8 atom stereocenters. The number of aromatic hydroxyl groups is 1. The highest BCUT2D eigenvalue weighted by Gasteiger charge is 2.59. The van der Waals surface area contributed by atoms with Crippen molar-refractivity contribution in [2.75, 3.05) is 19.6 Å². The lowest BCUT2D eigenvalue weighted by atomic mass is 9.47. The molecule has 5 N–H and O–H groups in total. The number of aromatic carboxylic acids is 1. The first-order valence-corrected chi connectivity index (χ1v) is 24.4. The summed E-state index contributed by atoms with van der Waals surface area (Å²) in [5.74, 6) is -0.319. The zero-order chi connectivity index (χ0) is 47.1. The van der Waals surface area contributed by atoms with E-state index in [2.05, 4.69) is 56.6 Å². The number of fused-ring (bicyclic) bond motifs is 7. The summed E-state index contributed by atoms with van der Waals surface area (Å²) in [6, 6.07) is 7.95. The molecule has 6 aliphatic rings. The summed E-state index contributed by atoms with van der Waals surface area (Å²) in [6.45, 7) is 13.8. The van der Waals surface area contributed by atoms with Crippen LogP contribution in [0.1, 0.15) is 139 Å². The van der Waals surface area contributed by atoms with E-state index in [1.807, 2.05) is 0 Å². The first-order chi connectivity index (χ1) is 31.5. The number of halogens is 2. The van der Waals surface area contributed by atoms with Crippen molar-refractivity contribution in [3.05, 3.63) is 87.1 Å². The Labute approximate surface area is 386 Å². The Morgan fingerprint density at radius 1 is 0.864 bits per heavy atom. The van der Waals surface area contributed by atoms with E-state index in [0.29, 0.717) is 23.4 Å². The minimum absolute atomic E-state index is 0.00499. The largest absolute Gasteiger partial charge is 0.505 e. The molecule has 2 amide bonds. The molecule has 0 radical (unpaired) electrons. The molecule has 0 bridgehead atoms. The molecule has 2 aromatic carbocycles. The van der Waals surface area contributed by atoms with Gasteiger partial charge in [-0.2, -0.15) is 0 Å². The van der Waals surface area contributed by atoms with Gasteiger partial charge in [-0.25, -0.2) is 13.6 Å². The fourth-order valence-electron chi connectivity index (χ4n) is 13.2. The van der Waals surface area contributed by atoms with Gasteiger partial charge in [-0.05, 0) is 140 Å². The molecule has 1 aliphatic heterocycles. The molecule has 0 saturated heterocycles. The Balaban J connectivity index is 0.799. The van der Waals surface area contributed by atoms with Gasteiger partial charge in [-0.15, -0.1) is 0 Å². The van der Waals surface area contributed by atoms with Crippen LogP contribution in [0.3, 0.4) is 0 Å². The normalized spacial score (nSPS) is 26.4. The zero-order valence-electron chi connectivity index (χ0n) is 39.2. The minimum atomic E-state index is -1.43. The van der Waals surface area contributed by atoms with Crippen molar-refractivity contribution in [1.82, 2.24) is 16.0 Å². The van der Waals surface area contributed by atoms with Crippen LogP contribution in [-0.4, -0.2) is 53.7 Å². The molecule has 3 saturated carbocycles. The van der Waals surface area contributed by atoms with Gasteiger partial charge in [0, 0.05) is 59.8 Å². The molecule has 12 heteroatoms. The molecular formula is C54H67F2N3O7. The van der Waals surface area contributed by atoms with E-state index in [1.165, 1.54) is 76.3 Å². The lowest BCUT2D eigenvalue weighted by Gasteiger charge is -2.58. The summed E-state index contributed by atoms with van der Waals surface area (Å²) in [4.78, 5) is 50.6. The number of amides is 2. The molecular weight excluding hydrogens is 841 g/mol. The van der Waals surface area contributed by atoms with Crippen LogP contribution in [0.5, 0.6) is 5.75 Å². The van der Waals surface area contributed by atoms with Crippen molar-refractivity contribution in [3.63, 3.8) is 0 Å². The van der Waals surface area contributed by atoms with Crippen LogP contribution >= 0.6 is 0 Å². The average molecular weight is 908 g/mol. The fraction of sp³-hybridized carbons (Fsp3) is 0.556. The number of allylic oxidation sites excluding steroid dienone is 1. The Kier molecular flexibility index (Phi) is 13.8. The first-order valence-electron chi connectivity index (χ1n) is 24.4.